The topological polar surface area (TPSA) is 77.2 Å². The number of pyridine rings is 1. The third kappa shape index (κ3) is 2.71. The Balaban J connectivity index is 2.13. The summed E-state index contributed by atoms with van der Waals surface area (Å²) in [7, 11) is 0. The number of anilines is 1. The van der Waals surface area contributed by atoms with Gasteiger partial charge in [-0.25, -0.2) is 0 Å². The van der Waals surface area contributed by atoms with Crippen LogP contribution in [0.15, 0.2) is 22.9 Å². The Bertz CT molecular complexity index is 433. The lowest BCUT2D eigenvalue weighted by atomic mass is 9.79. The molecule has 0 aliphatic carbocycles. The van der Waals surface area contributed by atoms with E-state index < -0.39 is 5.41 Å². The van der Waals surface area contributed by atoms with Crippen LogP contribution in [0.3, 0.4) is 0 Å². The first-order valence-corrected chi connectivity index (χ1v) is 6.66. The molecule has 1 saturated heterocycles. The van der Waals surface area contributed by atoms with Gasteiger partial charge >= 0.3 is 0 Å². The predicted octanol–water partition coefficient (Wildman–Crippen LogP) is 1.54. The first-order chi connectivity index (χ1) is 8.68. The molecule has 0 radical (unpaired) electrons. The van der Waals surface area contributed by atoms with E-state index in [4.69, 9.17) is 10.5 Å². The molecule has 1 fully saturated rings. The fourth-order valence-electron chi connectivity index (χ4n) is 2.02. The summed E-state index contributed by atoms with van der Waals surface area (Å²) in [6, 6.07) is 1.76. The molecule has 1 aromatic rings. The maximum atomic E-state index is 12.4. The SMILES string of the molecule is NCC1(C(=O)Nc2ccncc2Br)CCOCC1. The van der Waals surface area contributed by atoms with Crippen molar-refractivity contribution < 1.29 is 9.53 Å². The van der Waals surface area contributed by atoms with E-state index in [1.165, 1.54) is 0 Å². The lowest BCUT2D eigenvalue weighted by Gasteiger charge is -2.34. The van der Waals surface area contributed by atoms with Gasteiger partial charge in [-0.3, -0.25) is 9.78 Å². The minimum atomic E-state index is -0.513. The molecule has 2 heterocycles. The van der Waals surface area contributed by atoms with Crippen molar-refractivity contribution in [2.45, 2.75) is 12.8 Å². The number of aromatic nitrogens is 1. The molecular weight excluding hydrogens is 298 g/mol. The maximum Gasteiger partial charge on any atom is 0.232 e. The van der Waals surface area contributed by atoms with Crippen molar-refractivity contribution >= 4 is 27.5 Å². The second-order valence-electron chi connectivity index (χ2n) is 4.41. The van der Waals surface area contributed by atoms with Crippen molar-refractivity contribution in [3.8, 4) is 0 Å². The second kappa shape index (κ2) is 5.77. The number of carbonyl (C=O) groups is 1. The molecule has 0 spiro atoms. The molecule has 0 bridgehead atoms. The summed E-state index contributed by atoms with van der Waals surface area (Å²) in [5, 5.41) is 2.91. The van der Waals surface area contributed by atoms with Crippen LogP contribution in [0.25, 0.3) is 0 Å². The van der Waals surface area contributed by atoms with Gasteiger partial charge in [-0.2, -0.15) is 0 Å². The minimum Gasteiger partial charge on any atom is -0.381 e. The zero-order valence-electron chi connectivity index (χ0n) is 9.99. The van der Waals surface area contributed by atoms with Crippen LogP contribution in [0.2, 0.25) is 0 Å². The van der Waals surface area contributed by atoms with Gasteiger partial charge in [0.15, 0.2) is 0 Å². The molecule has 1 aliphatic rings. The molecular formula is C12H16BrN3O2. The van der Waals surface area contributed by atoms with Gasteiger partial charge < -0.3 is 15.8 Å². The van der Waals surface area contributed by atoms with Gasteiger partial charge in [-0.05, 0) is 34.8 Å². The molecule has 2 rings (SSSR count). The van der Waals surface area contributed by atoms with Crippen LogP contribution in [0.5, 0.6) is 0 Å². The summed E-state index contributed by atoms with van der Waals surface area (Å²) in [6.45, 7) is 1.51. The van der Waals surface area contributed by atoms with Crippen molar-refractivity contribution in [3.63, 3.8) is 0 Å². The molecule has 1 aromatic heterocycles. The number of halogens is 1. The van der Waals surface area contributed by atoms with E-state index in [0.29, 0.717) is 38.3 Å². The van der Waals surface area contributed by atoms with E-state index in [0.717, 1.165) is 4.47 Å². The summed E-state index contributed by atoms with van der Waals surface area (Å²) in [5.74, 6) is -0.0415. The fraction of sp³-hybridized carbons (Fsp3) is 0.500. The number of hydrogen-bond donors (Lipinski definition) is 2. The number of rotatable bonds is 3. The molecule has 18 heavy (non-hydrogen) atoms. The number of nitrogens with two attached hydrogens (primary N) is 1. The zero-order valence-corrected chi connectivity index (χ0v) is 11.6. The van der Waals surface area contributed by atoms with Gasteiger partial charge in [-0.1, -0.05) is 0 Å². The summed E-state index contributed by atoms with van der Waals surface area (Å²) >= 11 is 3.36. The lowest BCUT2D eigenvalue weighted by molar-refractivity contribution is -0.130. The number of nitrogens with zero attached hydrogens (tertiary/aromatic N) is 1. The Hall–Kier alpha value is -0.980. The number of carbonyl (C=O) groups excluding carboxylic acids is 1. The Morgan fingerprint density at radius 3 is 2.89 bits per heavy atom. The van der Waals surface area contributed by atoms with Crippen molar-refractivity contribution in [3.05, 3.63) is 22.9 Å². The van der Waals surface area contributed by atoms with Gasteiger partial charge in [0, 0.05) is 32.2 Å². The molecule has 0 aromatic carbocycles. The van der Waals surface area contributed by atoms with Gasteiger partial charge in [0.1, 0.15) is 0 Å². The third-order valence-electron chi connectivity index (χ3n) is 3.34. The normalized spacial score (nSPS) is 18.3. The summed E-state index contributed by atoms with van der Waals surface area (Å²) in [6.07, 6.45) is 4.62. The molecule has 5 nitrogen and oxygen atoms in total. The molecule has 6 heteroatoms. The minimum absolute atomic E-state index is 0.0415. The smallest absolute Gasteiger partial charge is 0.232 e. The van der Waals surface area contributed by atoms with Gasteiger partial charge in [-0.15, -0.1) is 0 Å². The second-order valence-corrected chi connectivity index (χ2v) is 5.26. The molecule has 3 N–H and O–H groups in total. The Morgan fingerprint density at radius 1 is 1.56 bits per heavy atom. The average Bonchev–Trinajstić information content (AvgIpc) is 2.42. The highest BCUT2D eigenvalue weighted by molar-refractivity contribution is 9.10. The highest BCUT2D eigenvalue weighted by Crippen LogP contribution is 2.32. The largest absolute Gasteiger partial charge is 0.381 e. The van der Waals surface area contributed by atoms with Crippen LogP contribution in [0.4, 0.5) is 5.69 Å². The highest BCUT2D eigenvalue weighted by Gasteiger charge is 2.38. The van der Waals surface area contributed by atoms with E-state index in [-0.39, 0.29) is 5.91 Å². The number of ether oxygens (including phenoxy) is 1. The van der Waals surface area contributed by atoms with Gasteiger partial charge in [0.2, 0.25) is 5.91 Å². The average molecular weight is 314 g/mol. The molecule has 0 saturated carbocycles. The first kappa shape index (κ1) is 13.5. The van der Waals surface area contributed by atoms with Crippen molar-refractivity contribution in [2.75, 3.05) is 25.1 Å². The predicted molar refractivity (Wildman–Crippen MR) is 72.1 cm³/mol. The number of hydrogen-bond acceptors (Lipinski definition) is 4. The van der Waals surface area contributed by atoms with Gasteiger partial charge in [0.25, 0.3) is 0 Å². The molecule has 0 atom stereocenters. The monoisotopic (exact) mass is 313 g/mol. The Kier molecular flexibility index (Phi) is 4.31. The van der Waals surface area contributed by atoms with Crippen LogP contribution in [-0.4, -0.2) is 30.6 Å². The summed E-state index contributed by atoms with van der Waals surface area (Å²) in [5.41, 5.74) is 5.99. The summed E-state index contributed by atoms with van der Waals surface area (Å²) in [4.78, 5) is 16.3. The number of nitrogens with one attached hydrogen (secondary N) is 1. The number of amides is 1. The van der Waals surface area contributed by atoms with Crippen molar-refractivity contribution in [1.82, 2.24) is 4.98 Å². The lowest BCUT2D eigenvalue weighted by Crippen LogP contribution is -2.46. The molecule has 98 valence electrons. The van der Waals surface area contributed by atoms with Crippen molar-refractivity contribution in [1.29, 1.82) is 0 Å². The Morgan fingerprint density at radius 2 is 2.28 bits per heavy atom. The molecule has 1 amide bonds. The van der Waals surface area contributed by atoms with Crippen molar-refractivity contribution in [2.24, 2.45) is 11.1 Å². The van der Waals surface area contributed by atoms with E-state index in [1.54, 1.807) is 18.5 Å². The Labute approximate surface area is 114 Å². The van der Waals surface area contributed by atoms with E-state index in [1.807, 2.05) is 0 Å². The highest BCUT2D eigenvalue weighted by atomic mass is 79.9. The summed E-state index contributed by atoms with van der Waals surface area (Å²) < 4.78 is 6.06. The molecule has 1 aliphatic heterocycles. The molecule has 0 unspecified atom stereocenters. The van der Waals surface area contributed by atoms with Crippen LogP contribution < -0.4 is 11.1 Å². The quantitative estimate of drug-likeness (QED) is 0.887. The zero-order chi connectivity index (χ0) is 13.0. The van der Waals surface area contributed by atoms with E-state index in [2.05, 4.69) is 26.2 Å². The maximum absolute atomic E-state index is 12.4. The van der Waals surface area contributed by atoms with Crippen LogP contribution in [0, 0.1) is 5.41 Å². The fourth-order valence-corrected chi connectivity index (χ4v) is 2.37. The van der Waals surface area contributed by atoms with E-state index in [9.17, 15) is 4.79 Å². The van der Waals surface area contributed by atoms with Crippen LogP contribution >= 0.6 is 15.9 Å². The van der Waals surface area contributed by atoms with Crippen LogP contribution in [0.1, 0.15) is 12.8 Å². The first-order valence-electron chi connectivity index (χ1n) is 5.87. The van der Waals surface area contributed by atoms with Crippen LogP contribution in [-0.2, 0) is 9.53 Å². The third-order valence-corrected chi connectivity index (χ3v) is 3.97. The standard InChI is InChI=1S/C12H16BrN3O2/c13-9-7-15-4-1-10(9)16-11(17)12(8-14)2-5-18-6-3-12/h1,4,7H,2-3,5-6,8,14H2,(H,15,16,17). The van der Waals surface area contributed by atoms with Gasteiger partial charge in [0.05, 0.1) is 15.6 Å². The van der Waals surface area contributed by atoms with E-state index >= 15 is 0 Å².